The standard InChI is InChI=1S/C9H9NO.C2H6/c1-6-2-3-8-7(4-6)5-9(11)10-8;1-2/h2-4H,5H2,1H3,(H,10,11);1-2H3. The molecular formula is C11H15NO. The number of benzene rings is 1. The third-order valence-corrected chi connectivity index (χ3v) is 1.89. The minimum absolute atomic E-state index is 0.102. The number of fused-ring (bicyclic) bond motifs is 1. The summed E-state index contributed by atoms with van der Waals surface area (Å²) in [4.78, 5) is 10.9. The van der Waals surface area contributed by atoms with Crippen molar-refractivity contribution in [3.63, 3.8) is 0 Å². The lowest BCUT2D eigenvalue weighted by molar-refractivity contribution is -0.115. The van der Waals surface area contributed by atoms with Gasteiger partial charge in [-0.3, -0.25) is 4.79 Å². The van der Waals surface area contributed by atoms with Crippen molar-refractivity contribution in [2.24, 2.45) is 0 Å². The molecule has 1 aliphatic heterocycles. The number of carbonyl (C=O) groups is 1. The highest BCUT2D eigenvalue weighted by Gasteiger charge is 2.16. The summed E-state index contributed by atoms with van der Waals surface area (Å²) in [5.74, 6) is 0.102. The maximum absolute atomic E-state index is 10.9. The number of nitrogens with one attached hydrogen (secondary N) is 1. The normalized spacial score (nSPS) is 12.7. The Morgan fingerprint density at radius 3 is 2.69 bits per heavy atom. The Kier molecular flexibility index (Phi) is 3.07. The van der Waals surface area contributed by atoms with Crippen LogP contribution in [-0.2, 0) is 11.2 Å². The second-order valence-electron chi connectivity index (χ2n) is 2.89. The second kappa shape index (κ2) is 4.08. The van der Waals surface area contributed by atoms with E-state index in [-0.39, 0.29) is 5.91 Å². The van der Waals surface area contributed by atoms with Crippen LogP contribution in [0, 0.1) is 6.92 Å². The fraction of sp³-hybridized carbons (Fsp3) is 0.364. The van der Waals surface area contributed by atoms with Gasteiger partial charge in [-0.05, 0) is 18.6 Å². The van der Waals surface area contributed by atoms with E-state index in [1.165, 1.54) is 5.56 Å². The molecule has 0 saturated carbocycles. The lowest BCUT2D eigenvalue weighted by Gasteiger charge is -1.97. The maximum Gasteiger partial charge on any atom is 0.228 e. The summed E-state index contributed by atoms with van der Waals surface area (Å²) in [7, 11) is 0. The molecule has 1 amide bonds. The van der Waals surface area contributed by atoms with E-state index in [9.17, 15) is 4.79 Å². The molecule has 0 atom stereocenters. The van der Waals surface area contributed by atoms with Gasteiger partial charge in [-0.15, -0.1) is 0 Å². The SMILES string of the molecule is CC.Cc1ccc2c(c1)CC(=O)N2. The predicted octanol–water partition coefficient (Wildman–Crippen LogP) is 2.52. The maximum atomic E-state index is 10.9. The van der Waals surface area contributed by atoms with Crippen molar-refractivity contribution in [1.82, 2.24) is 0 Å². The molecule has 0 unspecified atom stereocenters. The number of carbonyl (C=O) groups excluding carboxylic acids is 1. The summed E-state index contributed by atoms with van der Waals surface area (Å²) < 4.78 is 0. The topological polar surface area (TPSA) is 29.1 Å². The van der Waals surface area contributed by atoms with Crippen molar-refractivity contribution < 1.29 is 4.79 Å². The minimum Gasteiger partial charge on any atom is -0.326 e. The van der Waals surface area contributed by atoms with E-state index in [2.05, 4.69) is 5.32 Å². The molecule has 2 rings (SSSR count). The van der Waals surface area contributed by atoms with Crippen LogP contribution in [0.3, 0.4) is 0 Å². The summed E-state index contributed by atoms with van der Waals surface area (Å²) in [6, 6.07) is 6.01. The van der Waals surface area contributed by atoms with E-state index in [1.807, 2.05) is 39.0 Å². The van der Waals surface area contributed by atoms with Gasteiger partial charge in [0, 0.05) is 5.69 Å². The Bertz CT molecular complexity index is 318. The highest BCUT2D eigenvalue weighted by atomic mass is 16.1. The zero-order valence-corrected chi connectivity index (χ0v) is 8.35. The van der Waals surface area contributed by atoms with E-state index in [4.69, 9.17) is 0 Å². The second-order valence-corrected chi connectivity index (χ2v) is 2.89. The van der Waals surface area contributed by atoms with Gasteiger partial charge in [-0.2, -0.15) is 0 Å². The number of hydrogen-bond donors (Lipinski definition) is 1. The Morgan fingerprint density at radius 1 is 1.31 bits per heavy atom. The molecule has 0 bridgehead atoms. The van der Waals surface area contributed by atoms with Crippen LogP contribution in [0.2, 0.25) is 0 Å². The molecule has 1 aliphatic rings. The van der Waals surface area contributed by atoms with Crippen molar-refractivity contribution in [1.29, 1.82) is 0 Å². The monoisotopic (exact) mass is 177 g/mol. The Labute approximate surface area is 79.0 Å². The predicted molar refractivity (Wildman–Crippen MR) is 54.9 cm³/mol. The lowest BCUT2D eigenvalue weighted by atomic mass is 10.1. The molecular weight excluding hydrogens is 162 g/mol. The third-order valence-electron chi connectivity index (χ3n) is 1.89. The number of rotatable bonds is 0. The molecule has 0 saturated heterocycles. The molecule has 0 aliphatic carbocycles. The van der Waals surface area contributed by atoms with Crippen molar-refractivity contribution in [3.8, 4) is 0 Å². The van der Waals surface area contributed by atoms with Gasteiger partial charge in [0.25, 0.3) is 0 Å². The van der Waals surface area contributed by atoms with Gasteiger partial charge >= 0.3 is 0 Å². The summed E-state index contributed by atoms with van der Waals surface area (Å²) >= 11 is 0. The molecule has 0 spiro atoms. The van der Waals surface area contributed by atoms with Crippen molar-refractivity contribution in [2.75, 3.05) is 5.32 Å². The number of aryl methyl sites for hydroxylation is 1. The van der Waals surface area contributed by atoms with Gasteiger partial charge in [0.05, 0.1) is 6.42 Å². The largest absolute Gasteiger partial charge is 0.326 e. The molecule has 0 fully saturated rings. The molecule has 2 nitrogen and oxygen atoms in total. The molecule has 1 heterocycles. The van der Waals surface area contributed by atoms with Crippen LogP contribution in [0.15, 0.2) is 18.2 Å². The average Bonchev–Trinajstić information content (AvgIpc) is 2.48. The van der Waals surface area contributed by atoms with Crippen LogP contribution in [0.4, 0.5) is 5.69 Å². The third kappa shape index (κ3) is 2.08. The van der Waals surface area contributed by atoms with Crippen molar-refractivity contribution in [2.45, 2.75) is 27.2 Å². The zero-order chi connectivity index (χ0) is 9.84. The molecule has 1 N–H and O–H groups in total. The van der Waals surface area contributed by atoms with E-state index in [1.54, 1.807) is 0 Å². The molecule has 2 heteroatoms. The van der Waals surface area contributed by atoms with E-state index >= 15 is 0 Å². The zero-order valence-electron chi connectivity index (χ0n) is 8.35. The van der Waals surface area contributed by atoms with Crippen LogP contribution in [-0.4, -0.2) is 5.91 Å². The molecule has 13 heavy (non-hydrogen) atoms. The van der Waals surface area contributed by atoms with Crippen LogP contribution >= 0.6 is 0 Å². The molecule has 0 radical (unpaired) electrons. The van der Waals surface area contributed by atoms with E-state index in [0.717, 1.165) is 11.3 Å². The Morgan fingerprint density at radius 2 is 2.00 bits per heavy atom. The smallest absolute Gasteiger partial charge is 0.228 e. The number of anilines is 1. The van der Waals surface area contributed by atoms with Crippen LogP contribution in [0.5, 0.6) is 0 Å². The summed E-state index contributed by atoms with van der Waals surface area (Å²) in [5, 5.41) is 2.79. The van der Waals surface area contributed by atoms with E-state index < -0.39 is 0 Å². The summed E-state index contributed by atoms with van der Waals surface area (Å²) in [6.07, 6.45) is 0.539. The Hall–Kier alpha value is -1.31. The fourth-order valence-corrected chi connectivity index (χ4v) is 1.36. The quantitative estimate of drug-likeness (QED) is 0.648. The van der Waals surface area contributed by atoms with Gasteiger partial charge in [0.1, 0.15) is 0 Å². The van der Waals surface area contributed by atoms with Gasteiger partial charge in [-0.1, -0.05) is 31.5 Å². The van der Waals surface area contributed by atoms with Crippen LogP contribution in [0.25, 0.3) is 0 Å². The van der Waals surface area contributed by atoms with Crippen LogP contribution in [0.1, 0.15) is 25.0 Å². The molecule has 70 valence electrons. The molecule has 1 aromatic carbocycles. The van der Waals surface area contributed by atoms with Crippen LogP contribution < -0.4 is 5.32 Å². The minimum atomic E-state index is 0.102. The van der Waals surface area contributed by atoms with Gasteiger partial charge in [0.2, 0.25) is 5.91 Å². The number of hydrogen-bond acceptors (Lipinski definition) is 1. The highest BCUT2D eigenvalue weighted by Crippen LogP contribution is 2.23. The molecule has 1 aromatic rings. The van der Waals surface area contributed by atoms with Gasteiger partial charge in [0.15, 0.2) is 0 Å². The van der Waals surface area contributed by atoms with Gasteiger partial charge < -0.3 is 5.32 Å². The van der Waals surface area contributed by atoms with Crippen molar-refractivity contribution >= 4 is 11.6 Å². The van der Waals surface area contributed by atoms with E-state index in [0.29, 0.717) is 6.42 Å². The van der Waals surface area contributed by atoms with Gasteiger partial charge in [-0.25, -0.2) is 0 Å². The summed E-state index contributed by atoms with van der Waals surface area (Å²) in [5.41, 5.74) is 3.30. The first-order valence-corrected chi connectivity index (χ1v) is 4.65. The number of amides is 1. The highest BCUT2D eigenvalue weighted by molar-refractivity contribution is 5.99. The van der Waals surface area contributed by atoms with Crippen molar-refractivity contribution in [3.05, 3.63) is 29.3 Å². The first kappa shape index (κ1) is 9.78. The molecule has 0 aromatic heterocycles. The summed E-state index contributed by atoms with van der Waals surface area (Å²) in [6.45, 7) is 6.03. The average molecular weight is 177 g/mol. The Balaban J connectivity index is 0.000000396. The first-order chi connectivity index (χ1) is 6.25. The lowest BCUT2D eigenvalue weighted by Crippen LogP contribution is -2.03. The fourth-order valence-electron chi connectivity index (χ4n) is 1.36. The first-order valence-electron chi connectivity index (χ1n) is 4.65.